The molecule has 5 rings (SSSR count). The zero-order valence-corrected chi connectivity index (χ0v) is 21.9. The van der Waals surface area contributed by atoms with Gasteiger partial charge in [-0.2, -0.15) is 0 Å². The zero-order valence-electron chi connectivity index (χ0n) is 21.9. The second kappa shape index (κ2) is 10.2. The van der Waals surface area contributed by atoms with Crippen LogP contribution >= 0.6 is 0 Å². The Labute approximate surface area is 215 Å². The molecule has 0 atom stereocenters. The molecule has 0 unspecified atom stereocenters. The first kappa shape index (κ1) is 24.2. The number of hydrogen-bond donors (Lipinski definition) is 0. The predicted molar refractivity (Wildman–Crippen MR) is 149 cm³/mol. The molecule has 0 saturated heterocycles. The average molecular weight is 477 g/mol. The Morgan fingerprint density at radius 3 is 1.64 bits per heavy atom. The molecule has 2 nitrogen and oxygen atoms in total. The largest absolute Gasteiger partial charge is 0.497 e. The fourth-order valence-electron chi connectivity index (χ4n) is 5.70. The predicted octanol–water partition coefficient (Wildman–Crippen LogP) is 8.63. The number of unbranched alkanes of at least 4 members (excludes halogenated alkanes) is 3. The third-order valence-corrected chi connectivity index (χ3v) is 7.53. The molecule has 184 valence electrons. The van der Waals surface area contributed by atoms with Crippen LogP contribution in [0.25, 0.3) is 11.1 Å². The maximum Gasteiger partial charge on any atom is 0.119 e. The summed E-state index contributed by atoms with van der Waals surface area (Å²) in [7, 11) is 1.72. The van der Waals surface area contributed by atoms with Crippen molar-refractivity contribution in [1.29, 1.82) is 0 Å². The van der Waals surface area contributed by atoms with Crippen molar-refractivity contribution in [2.24, 2.45) is 0 Å². The number of fused-ring (bicyclic) bond motifs is 3. The lowest BCUT2D eigenvalue weighted by molar-refractivity contribution is 0.305. The van der Waals surface area contributed by atoms with Crippen molar-refractivity contribution in [3.63, 3.8) is 0 Å². The van der Waals surface area contributed by atoms with Gasteiger partial charge in [-0.25, -0.2) is 0 Å². The molecule has 2 heteroatoms. The summed E-state index contributed by atoms with van der Waals surface area (Å²) >= 11 is 0. The lowest BCUT2D eigenvalue weighted by Gasteiger charge is -2.34. The monoisotopic (exact) mass is 476 g/mol. The molecule has 0 N–H and O–H groups in total. The first-order valence-electron chi connectivity index (χ1n) is 13.2. The maximum atomic E-state index is 6.10. The Bertz CT molecular complexity index is 1280. The lowest BCUT2D eigenvalue weighted by Crippen LogP contribution is -2.28. The van der Waals surface area contributed by atoms with Crippen LogP contribution in [0.1, 0.15) is 66.0 Å². The van der Waals surface area contributed by atoms with Gasteiger partial charge < -0.3 is 9.47 Å². The van der Waals surface area contributed by atoms with E-state index in [2.05, 4.69) is 106 Å². The van der Waals surface area contributed by atoms with Gasteiger partial charge in [0, 0.05) is 0 Å². The summed E-state index contributed by atoms with van der Waals surface area (Å²) in [5.74, 6) is 1.81. The smallest absolute Gasteiger partial charge is 0.119 e. The van der Waals surface area contributed by atoms with E-state index < -0.39 is 5.41 Å². The van der Waals surface area contributed by atoms with Crippen LogP contribution in [0.5, 0.6) is 11.5 Å². The van der Waals surface area contributed by atoms with Crippen molar-refractivity contribution < 1.29 is 9.47 Å². The summed E-state index contributed by atoms with van der Waals surface area (Å²) in [5, 5.41) is 0. The maximum absolute atomic E-state index is 6.10. The number of aryl methyl sites for hydroxylation is 2. The van der Waals surface area contributed by atoms with E-state index in [0.29, 0.717) is 0 Å². The number of benzene rings is 4. The topological polar surface area (TPSA) is 18.5 Å². The normalized spacial score (nSPS) is 13.2. The number of rotatable bonds is 9. The van der Waals surface area contributed by atoms with Crippen LogP contribution < -0.4 is 9.47 Å². The van der Waals surface area contributed by atoms with Crippen molar-refractivity contribution >= 4 is 0 Å². The van der Waals surface area contributed by atoms with Gasteiger partial charge in [0.15, 0.2) is 0 Å². The van der Waals surface area contributed by atoms with Crippen LogP contribution in [0.4, 0.5) is 0 Å². The molecule has 0 saturated carbocycles. The fraction of sp³-hybridized carbons (Fsp3) is 0.294. The molecule has 0 spiro atoms. The molecule has 0 radical (unpaired) electrons. The van der Waals surface area contributed by atoms with Crippen molar-refractivity contribution in [2.45, 2.75) is 51.9 Å². The molecule has 0 fully saturated rings. The number of methoxy groups -OCH3 is 1. The fourth-order valence-corrected chi connectivity index (χ4v) is 5.70. The second-order valence-electron chi connectivity index (χ2n) is 10.0. The standard InChI is InChI=1S/C34H36O2/c1-5-6-7-8-21-36-29-17-13-27(14-18-29)34(26-11-15-28(35-4)16-12-26)32-22-24(2)9-19-30(32)31-20-10-25(3)23-33(31)34/h9-20,22-23H,5-8,21H2,1-4H3. The van der Waals surface area contributed by atoms with Gasteiger partial charge in [0.05, 0.1) is 19.1 Å². The Morgan fingerprint density at radius 1 is 0.611 bits per heavy atom. The highest BCUT2D eigenvalue weighted by Gasteiger charge is 2.46. The van der Waals surface area contributed by atoms with E-state index >= 15 is 0 Å². The molecule has 0 aromatic heterocycles. The van der Waals surface area contributed by atoms with Gasteiger partial charge in [-0.05, 0) is 77.9 Å². The Morgan fingerprint density at radius 2 is 1.14 bits per heavy atom. The van der Waals surface area contributed by atoms with Crippen LogP contribution in [-0.2, 0) is 5.41 Å². The van der Waals surface area contributed by atoms with Crippen molar-refractivity contribution in [1.82, 2.24) is 0 Å². The summed E-state index contributed by atoms with van der Waals surface area (Å²) in [6, 6.07) is 31.2. The van der Waals surface area contributed by atoms with E-state index in [1.165, 1.54) is 63.8 Å². The number of ether oxygens (including phenoxy) is 2. The van der Waals surface area contributed by atoms with E-state index in [1.54, 1.807) is 7.11 Å². The minimum Gasteiger partial charge on any atom is -0.497 e. The highest BCUT2D eigenvalue weighted by molar-refractivity contribution is 5.86. The molecular formula is C34H36O2. The van der Waals surface area contributed by atoms with Gasteiger partial charge in [-0.15, -0.1) is 0 Å². The van der Waals surface area contributed by atoms with Gasteiger partial charge >= 0.3 is 0 Å². The lowest BCUT2D eigenvalue weighted by atomic mass is 9.67. The van der Waals surface area contributed by atoms with E-state index in [9.17, 15) is 0 Å². The van der Waals surface area contributed by atoms with Crippen molar-refractivity contribution in [3.8, 4) is 22.6 Å². The van der Waals surface area contributed by atoms with Gasteiger partial charge in [-0.1, -0.05) is 98.0 Å². The zero-order chi connectivity index (χ0) is 25.1. The molecule has 4 aromatic carbocycles. The molecule has 0 aliphatic heterocycles. The summed E-state index contributed by atoms with van der Waals surface area (Å²) in [5.41, 5.74) is 9.91. The molecule has 1 aliphatic carbocycles. The third kappa shape index (κ3) is 4.19. The summed E-state index contributed by atoms with van der Waals surface area (Å²) < 4.78 is 11.6. The van der Waals surface area contributed by atoms with E-state index in [4.69, 9.17) is 9.47 Å². The van der Waals surface area contributed by atoms with Crippen LogP contribution in [0.3, 0.4) is 0 Å². The molecule has 1 aliphatic rings. The van der Waals surface area contributed by atoms with Gasteiger partial charge in [0.2, 0.25) is 0 Å². The molecule has 0 amide bonds. The average Bonchev–Trinajstić information content (AvgIpc) is 3.18. The van der Waals surface area contributed by atoms with E-state index in [0.717, 1.165) is 24.5 Å². The van der Waals surface area contributed by atoms with Crippen molar-refractivity contribution in [3.05, 3.63) is 118 Å². The molecule has 36 heavy (non-hydrogen) atoms. The van der Waals surface area contributed by atoms with Crippen LogP contribution in [0.15, 0.2) is 84.9 Å². The van der Waals surface area contributed by atoms with Gasteiger partial charge in [0.1, 0.15) is 11.5 Å². The molecule has 4 aromatic rings. The van der Waals surface area contributed by atoms with E-state index in [-0.39, 0.29) is 0 Å². The molecule has 0 bridgehead atoms. The van der Waals surface area contributed by atoms with Crippen molar-refractivity contribution in [2.75, 3.05) is 13.7 Å². The summed E-state index contributed by atoms with van der Waals surface area (Å²) in [4.78, 5) is 0. The SMILES string of the molecule is CCCCCCOc1ccc(C2(c3ccc(OC)cc3)c3cc(C)ccc3-c3ccc(C)cc32)cc1. The number of hydrogen-bond acceptors (Lipinski definition) is 2. The summed E-state index contributed by atoms with van der Waals surface area (Å²) in [6.07, 6.45) is 4.83. The quantitative estimate of drug-likeness (QED) is 0.198. The van der Waals surface area contributed by atoms with E-state index in [1.807, 2.05) is 0 Å². The molecular weight excluding hydrogens is 440 g/mol. The first-order valence-corrected chi connectivity index (χ1v) is 13.2. The Kier molecular flexibility index (Phi) is 6.87. The highest BCUT2D eigenvalue weighted by Crippen LogP contribution is 2.56. The highest BCUT2D eigenvalue weighted by atomic mass is 16.5. The van der Waals surface area contributed by atoms with Crippen LogP contribution in [-0.4, -0.2) is 13.7 Å². The van der Waals surface area contributed by atoms with Gasteiger partial charge in [-0.3, -0.25) is 0 Å². The minimum atomic E-state index is -0.408. The first-order chi connectivity index (χ1) is 17.6. The summed E-state index contributed by atoms with van der Waals surface area (Å²) in [6.45, 7) is 7.37. The second-order valence-corrected chi connectivity index (χ2v) is 10.0. The minimum absolute atomic E-state index is 0.408. The van der Waals surface area contributed by atoms with Crippen LogP contribution in [0, 0.1) is 13.8 Å². The van der Waals surface area contributed by atoms with Crippen LogP contribution in [0.2, 0.25) is 0 Å². The third-order valence-electron chi connectivity index (χ3n) is 7.53. The van der Waals surface area contributed by atoms with Gasteiger partial charge in [0.25, 0.3) is 0 Å². The molecule has 0 heterocycles. The Balaban J connectivity index is 1.66. The Hall–Kier alpha value is -3.52.